The molecule has 0 aliphatic heterocycles. The van der Waals surface area contributed by atoms with Crippen LogP contribution in [-0.2, 0) is 4.79 Å². The minimum absolute atomic E-state index is 0.0742. The standard InChI is InChI=1S/C20H23N3O4/c1-2-15(16-6-4-3-5-7-16)14-22-19(24)12-13-21-20(25)17-8-10-18(11-9-17)23(26)27/h3-11,15H,2,12-14H2,1H3,(H,21,25)(H,22,24)/t15-/m0/s1. The van der Waals surface area contributed by atoms with Crippen molar-refractivity contribution in [2.75, 3.05) is 13.1 Å². The number of nitrogens with one attached hydrogen (secondary N) is 2. The number of amides is 2. The summed E-state index contributed by atoms with van der Waals surface area (Å²) >= 11 is 0. The Labute approximate surface area is 157 Å². The second-order valence-corrected chi connectivity index (χ2v) is 6.13. The van der Waals surface area contributed by atoms with Gasteiger partial charge in [-0.1, -0.05) is 37.3 Å². The second-order valence-electron chi connectivity index (χ2n) is 6.13. The number of rotatable bonds is 9. The summed E-state index contributed by atoms with van der Waals surface area (Å²) in [5.41, 5.74) is 1.43. The Hall–Kier alpha value is -3.22. The molecule has 0 heterocycles. The van der Waals surface area contributed by atoms with E-state index in [9.17, 15) is 19.7 Å². The molecule has 0 aromatic heterocycles. The van der Waals surface area contributed by atoms with Gasteiger partial charge in [0.2, 0.25) is 5.91 Å². The summed E-state index contributed by atoms with van der Waals surface area (Å²) in [5, 5.41) is 16.2. The van der Waals surface area contributed by atoms with Crippen molar-refractivity contribution in [3.63, 3.8) is 0 Å². The molecule has 27 heavy (non-hydrogen) atoms. The molecule has 0 bridgehead atoms. The molecule has 0 aliphatic rings. The number of nitro benzene ring substituents is 1. The van der Waals surface area contributed by atoms with Crippen LogP contribution in [0, 0.1) is 10.1 Å². The van der Waals surface area contributed by atoms with Gasteiger partial charge >= 0.3 is 0 Å². The third-order valence-electron chi connectivity index (χ3n) is 4.29. The lowest BCUT2D eigenvalue weighted by molar-refractivity contribution is -0.384. The van der Waals surface area contributed by atoms with Gasteiger partial charge in [0.25, 0.3) is 11.6 Å². The van der Waals surface area contributed by atoms with E-state index in [1.165, 1.54) is 29.8 Å². The first-order valence-electron chi connectivity index (χ1n) is 8.85. The van der Waals surface area contributed by atoms with Gasteiger partial charge in [-0.3, -0.25) is 19.7 Å². The zero-order valence-corrected chi connectivity index (χ0v) is 15.2. The number of carbonyl (C=O) groups is 2. The van der Waals surface area contributed by atoms with Crippen LogP contribution in [-0.4, -0.2) is 29.8 Å². The fourth-order valence-electron chi connectivity index (χ4n) is 2.67. The maximum Gasteiger partial charge on any atom is 0.269 e. The molecular weight excluding hydrogens is 346 g/mol. The predicted molar refractivity (Wildman–Crippen MR) is 103 cm³/mol. The quantitative estimate of drug-likeness (QED) is 0.524. The molecule has 7 heteroatoms. The van der Waals surface area contributed by atoms with Crippen LogP contribution >= 0.6 is 0 Å². The topological polar surface area (TPSA) is 101 Å². The minimum atomic E-state index is -0.523. The molecule has 0 radical (unpaired) electrons. The highest BCUT2D eigenvalue weighted by atomic mass is 16.6. The Kier molecular flexibility index (Phi) is 7.49. The lowest BCUT2D eigenvalue weighted by atomic mass is 9.96. The highest BCUT2D eigenvalue weighted by Gasteiger charge is 2.12. The summed E-state index contributed by atoms with van der Waals surface area (Å²) in [5.74, 6) is -0.244. The molecule has 0 spiro atoms. The molecule has 2 rings (SSSR count). The first-order valence-corrected chi connectivity index (χ1v) is 8.85. The summed E-state index contributed by atoms with van der Waals surface area (Å²) < 4.78 is 0. The number of benzene rings is 2. The van der Waals surface area contributed by atoms with E-state index in [1.54, 1.807) is 0 Å². The third-order valence-corrected chi connectivity index (χ3v) is 4.29. The van der Waals surface area contributed by atoms with E-state index >= 15 is 0 Å². The van der Waals surface area contributed by atoms with Crippen molar-refractivity contribution in [1.82, 2.24) is 10.6 Å². The fraction of sp³-hybridized carbons (Fsp3) is 0.300. The Bertz CT molecular complexity index is 776. The number of non-ortho nitro benzene ring substituents is 1. The van der Waals surface area contributed by atoms with Gasteiger partial charge in [-0.05, 0) is 24.1 Å². The zero-order valence-electron chi connectivity index (χ0n) is 15.2. The molecule has 0 fully saturated rings. The van der Waals surface area contributed by atoms with Crippen molar-refractivity contribution in [2.24, 2.45) is 0 Å². The molecule has 0 saturated heterocycles. The van der Waals surface area contributed by atoms with E-state index in [-0.39, 0.29) is 36.4 Å². The van der Waals surface area contributed by atoms with Crippen LogP contribution in [0.2, 0.25) is 0 Å². The van der Waals surface area contributed by atoms with Gasteiger partial charge in [0.05, 0.1) is 4.92 Å². The molecule has 2 N–H and O–H groups in total. The van der Waals surface area contributed by atoms with Gasteiger partial charge in [0.1, 0.15) is 0 Å². The van der Waals surface area contributed by atoms with Crippen molar-refractivity contribution >= 4 is 17.5 Å². The van der Waals surface area contributed by atoms with Gasteiger partial charge in [-0.15, -0.1) is 0 Å². The van der Waals surface area contributed by atoms with Crippen LogP contribution in [0.5, 0.6) is 0 Å². The van der Waals surface area contributed by atoms with Crippen LogP contribution in [0.4, 0.5) is 5.69 Å². The SMILES string of the molecule is CC[C@@H](CNC(=O)CCNC(=O)c1ccc([N+](=O)[O-])cc1)c1ccccc1. The molecule has 142 valence electrons. The van der Waals surface area contributed by atoms with Gasteiger partial charge < -0.3 is 10.6 Å². The van der Waals surface area contributed by atoms with Gasteiger partial charge in [0.15, 0.2) is 0 Å². The average molecular weight is 369 g/mol. The van der Waals surface area contributed by atoms with Crippen molar-refractivity contribution in [3.8, 4) is 0 Å². The van der Waals surface area contributed by atoms with Crippen molar-refractivity contribution in [2.45, 2.75) is 25.7 Å². The first kappa shape index (κ1) is 20.1. The summed E-state index contributed by atoms with van der Waals surface area (Å²) in [6.45, 7) is 2.83. The fourth-order valence-corrected chi connectivity index (χ4v) is 2.67. The molecule has 2 aromatic carbocycles. The zero-order chi connectivity index (χ0) is 19.6. The highest BCUT2D eigenvalue weighted by molar-refractivity contribution is 5.94. The maximum atomic E-state index is 12.0. The summed E-state index contributed by atoms with van der Waals surface area (Å²) in [4.78, 5) is 34.1. The average Bonchev–Trinajstić information content (AvgIpc) is 2.69. The Balaban J connectivity index is 1.73. The minimum Gasteiger partial charge on any atom is -0.355 e. The maximum absolute atomic E-state index is 12.0. The van der Waals surface area contributed by atoms with Crippen LogP contribution in [0.1, 0.15) is 41.6 Å². The lowest BCUT2D eigenvalue weighted by Crippen LogP contribution is -2.32. The van der Waals surface area contributed by atoms with E-state index < -0.39 is 4.92 Å². The monoisotopic (exact) mass is 369 g/mol. The molecule has 0 saturated carbocycles. The largest absolute Gasteiger partial charge is 0.355 e. The van der Waals surface area contributed by atoms with Crippen molar-refractivity contribution in [3.05, 3.63) is 75.8 Å². The molecule has 7 nitrogen and oxygen atoms in total. The number of carbonyl (C=O) groups excluding carboxylic acids is 2. The summed E-state index contributed by atoms with van der Waals surface area (Å²) in [7, 11) is 0. The lowest BCUT2D eigenvalue weighted by Gasteiger charge is -2.16. The normalized spacial score (nSPS) is 11.4. The van der Waals surface area contributed by atoms with E-state index in [1.807, 2.05) is 30.3 Å². The Morgan fingerprint density at radius 2 is 1.70 bits per heavy atom. The first-order chi connectivity index (χ1) is 13.0. The molecule has 1 atom stereocenters. The molecule has 0 unspecified atom stereocenters. The molecule has 0 aliphatic carbocycles. The van der Waals surface area contributed by atoms with Gasteiger partial charge in [-0.25, -0.2) is 0 Å². The van der Waals surface area contributed by atoms with Gasteiger partial charge in [-0.2, -0.15) is 0 Å². The van der Waals surface area contributed by atoms with Crippen molar-refractivity contribution < 1.29 is 14.5 Å². The van der Waals surface area contributed by atoms with E-state index in [4.69, 9.17) is 0 Å². The summed E-state index contributed by atoms with van der Waals surface area (Å²) in [6.07, 6.45) is 1.09. The smallest absolute Gasteiger partial charge is 0.269 e. The van der Waals surface area contributed by atoms with Crippen molar-refractivity contribution in [1.29, 1.82) is 0 Å². The van der Waals surface area contributed by atoms with Gasteiger partial charge in [0, 0.05) is 43.1 Å². The van der Waals surface area contributed by atoms with Crippen LogP contribution in [0.25, 0.3) is 0 Å². The Morgan fingerprint density at radius 1 is 1.04 bits per heavy atom. The number of hydrogen-bond donors (Lipinski definition) is 2. The third kappa shape index (κ3) is 6.22. The Morgan fingerprint density at radius 3 is 2.30 bits per heavy atom. The van der Waals surface area contributed by atoms with Crippen LogP contribution < -0.4 is 10.6 Å². The second kappa shape index (κ2) is 10.1. The molecule has 2 aromatic rings. The number of hydrogen-bond acceptors (Lipinski definition) is 4. The number of nitrogens with zero attached hydrogens (tertiary/aromatic N) is 1. The highest BCUT2D eigenvalue weighted by Crippen LogP contribution is 2.17. The van der Waals surface area contributed by atoms with E-state index in [2.05, 4.69) is 17.6 Å². The van der Waals surface area contributed by atoms with Crippen LogP contribution in [0.15, 0.2) is 54.6 Å². The number of nitro groups is 1. The van der Waals surface area contributed by atoms with E-state index in [0.29, 0.717) is 12.1 Å². The predicted octanol–water partition coefficient (Wildman–Crippen LogP) is 3.02. The molecule has 2 amide bonds. The molecular formula is C20H23N3O4. The van der Waals surface area contributed by atoms with Crippen LogP contribution in [0.3, 0.4) is 0 Å². The summed E-state index contributed by atoms with van der Waals surface area (Å²) in [6, 6.07) is 15.3. The van der Waals surface area contributed by atoms with E-state index in [0.717, 1.165) is 6.42 Å².